The van der Waals surface area contributed by atoms with Crippen molar-refractivity contribution < 1.29 is 9.59 Å². The Bertz CT molecular complexity index is 800. The second kappa shape index (κ2) is 9.79. The van der Waals surface area contributed by atoms with Crippen molar-refractivity contribution in [1.29, 1.82) is 0 Å². The summed E-state index contributed by atoms with van der Waals surface area (Å²) in [4.78, 5) is 41.5. The van der Waals surface area contributed by atoms with Gasteiger partial charge in [-0.2, -0.15) is 5.10 Å². The highest BCUT2D eigenvalue weighted by Crippen LogP contribution is 2.27. The van der Waals surface area contributed by atoms with Gasteiger partial charge in [0, 0.05) is 45.6 Å². The molecule has 3 heterocycles. The van der Waals surface area contributed by atoms with Crippen LogP contribution in [0.4, 0.5) is 0 Å². The van der Waals surface area contributed by atoms with Crippen molar-refractivity contribution in [2.24, 2.45) is 5.92 Å². The molecule has 1 aromatic rings. The normalized spacial score (nSPS) is 20.7. The quantitative estimate of drug-likeness (QED) is 0.732. The van der Waals surface area contributed by atoms with E-state index in [1.54, 1.807) is 9.47 Å². The van der Waals surface area contributed by atoms with Gasteiger partial charge in [-0.05, 0) is 25.2 Å². The van der Waals surface area contributed by atoms with Crippen molar-refractivity contribution in [3.05, 3.63) is 16.3 Å². The van der Waals surface area contributed by atoms with Crippen molar-refractivity contribution in [2.45, 2.75) is 83.7 Å². The number of nitrogens with zero attached hydrogens (tertiary/aromatic N) is 5. The van der Waals surface area contributed by atoms with Gasteiger partial charge in [0.2, 0.25) is 11.8 Å². The summed E-state index contributed by atoms with van der Waals surface area (Å²) in [5, 5.41) is 4.41. The Morgan fingerprint density at radius 2 is 1.50 bits per heavy atom. The van der Waals surface area contributed by atoms with Gasteiger partial charge in [0.05, 0.1) is 0 Å². The molecule has 1 saturated heterocycles. The summed E-state index contributed by atoms with van der Waals surface area (Å²) in [6.45, 7) is 2.94. The van der Waals surface area contributed by atoms with E-state index in [1.807, 2.05) is 4.90 Å². The van der Waals surface area contributed by atoms with E-state index in [9.17, 15) is 14.4 Å². The minimum atomic E-state index is -0.170. The number of aryl methyl sites for hydroxylation is 1. The molecule has 30 heavy (non-hydrogen) atoms. The first-order valence-corrected chi connectivity index (χ1v) is 11.8. The Balaban J connectivity index is 1.24. The van der Waals surface area contributed by atoms with Crippen LogP contribution in [0.3, 0.4) is 0 Å². The highest BCUT2D eigenvalue weighted by atomic mass is 16.2. The highest BCUT2D eigenvalue weighted by Gasteiger charge is 2.26. The number of hydrogen-bond donors (Lipinski definition) is 0. The summed E-state index contributed by atoms with van der Waals surface area (Å²) in [6.07, 6.45) is 12.1. The summed E-state index contributed by atoms with van der Waals surface area (Å²) in [5.74, 6) is 1.66. The number of rotatable bonds is 5. The Kier molecular flexibility index (Phi) is 6.89. The largest absolute Gasteiger partial charge is 0.346 e. The SMILES string of the molecule is O=C(CCC1CCCCC1)N1CCN(C(=O)Cn2nc3n(c2=O)CCCCC3)CC1. The zero-order valence-corrected chi connectivity index (χ0v) is 18.1. The Morgan fingerprint density at radius 3 is 2.23 bits per heavy atom. The van der Waals surface area contributed by atoms with Gasteiger partial charge in [-0.3, -0.25) is 14.2 Å². The van der Waals surface area contributed by atoms with E-state index in [0.29, 0.717) is 45.1 Å². The van der Waals surface area contributed by atoms with Crippen LogP contribution in [-0.4, -0.2) is 62.1 Å². The lowest BCUT2D eigenvalue weighted by Crippen LogP contribution is -2.51. The predicted molar refractivity (Wildman–Crippen MR) is 113 cm³/mol. The topological polar surface area (TPSA) is 80.4 Å². The number of hydrogen-bond acceptors (Lipinski definition) is 4. The Hall–Kier alpha value is -2.12. The van der Waals surface area contributed by atoms with Gasteiger partial charge < -0.3 is 9.80 Å². The second-order valence-electron chi connectivity index (χ2n) is 9.12. The molecule has 2 fully saturated rings. The molecule has 1 aliphatic carbocycles. The molecule has 0 atom stereocenters. The number of carbonyl (C=O) groups is 2. The lowest BCUT2D eigenvalue weighted by Gasteiger charge is -2.35. The third-order valence-corrected chi connectivity index (χ3v) is 7.04. The molecule has 0 aromatic carbocycles. The summed E-state index contributed by atoms with van der Waals surface area (Å²) in [5.41, 5.74) is -0.170. The fourth-order valence-electron chi connectivity index (χ4n) is 5.12. The van der Waals surface area contributed by atoms with Crippen molar-refractivity contribution in [3.63, 3.8) is 0 Å². The first kappa shape index (κ1) is 21.1. The van der Waals surface area contributed by atoms with Gasteiger partial charge in [-0.15, -0.1) is 0 Å². The molecule has 1 aromatic heterocycles. The first-order chi connectivity index (χ1) is 14.6. The van der Waals surface area contributed by atoms with Crippen LogP contribution >= 0.6 is 0 Å². The van der Waals surface area contributed by atoms with E-state index >= 15 is 0 Å². The van der Waals surface area contributed by atoms with E-state index in [1.165, 1.54) is 36.8 Å². The molecule has 3 aliphatic rings. The van der Waals surface area contributed by atoms with Crippen molar-refractivity contribution >= 4 is 11.8 Å². The van der Waals surface area contributed by atoms with E-state index in [-0.39, 0.29) is 24.0 Å². The van der Waals surface area contributed by atoms with Gasteiger partial charge in [-0.25, -0.2) is 9.48 Å². The molecule has 0 bridgehead atoms. The molecule has 0 unspecified atom stereocenters. The third-order valence-electron chi connectivity index (χ3n) is 7.04. The summed E-state index contributed by atoms with van der Waals surface area (Å²) >= 11 is 0. The van der Waals surface area contributed by atoms with Crippen LogP contribution in [0.2, 0.25) is 0 Å². The van der Waals surface area contributed by atoms with E-state index in [0.717, 1.165) is 37.9 Å². The van der Waals surface area contributed by atoms with Gasteiger partial charge in [0.25, 0.3) is 0 Å². The maximum absolute atomic E-state index is 12.7. The fourth-order valence-corrected chi connectivity index (χ4v) is 5.12. The van der Waals surface area contributed by atoms with Crippen LogP contribution < -0.4 is 5.69 Å². The number of aromatic nitrogens is 3. The average Bonchev–Trinajstić information content (AvgIpc) is 2.94. The lowest BCUT2D eigenvalue weighted by atomic mass is 9.86. The van der Waals surface area contributed by atoms with Crippen molar-refractivity contribution in [1.82, 2.24) is 24.1 Å². The zero-order chi connectivity index (χ0) is 20.9. The third kappa shape index (κ3) is 4.95. The highest BCUT2D eigenvalue weighted by molar-refractivity contribution is 5.78. The van der Waals surface area contributed by atoms with Crippen LogP contribution in [-0.2, 0) is 29.1 Å². The predicted octanol–water partition coefficient (Wildman–Crippen LogP) is 1.80. The summed E-state index contributed by atoms with van der Waals surface area (Å²) in [7, 11) is 0. The number of piperazine rings is 1. The molecule has 166 valence electrons. The van der Waals surface area contributed by atoms with Crippen LogP contribution in [0.25, 0.3) is 0 Å². The lowest BCUT2D eigenvalue weighted by molar-refractivity contribution is -0.140. The standard InChI is InChI=1S/C22H35N5O3/c28-20(11-10-18-7-3-1-4-8-18)24-13-15-25(16-14-24)21(29)17-27-22(30)26-12-6-2-5-9-19(26)23-27/h18H,1-17H2. The van der Waals surface area contributed by atoms with Gasteiger partial charge >= 0.3 is 5.69 Å². The second-order valence-corrected chi connectivity index (χ2v) is 9.12. The molecule has 0 spiro atoms. The van der Waals surface area contributed by atoms with Crippen molar-refractivity contribution in [3.8, 4) is 0 Å². The van der Waals surface area contributed by atoms with Crippen LogP contribution in [0.15, 0.2) is 4.79 Å². The monoisotopic (exact) mass is 417 g/mol. The van der Waals surface area contributed by atoms with Crippen LogP contribution in [0.5, 0.6) is 0 Å². The first-order valence-electron chi connectivity index (χ1n) is 11.8. The molecular weight excluding hydrogens is 382 g/mol. The molecule has 4 rings (SSSR count). The van der Waals surface area contributed by atoms with Gasteiger partial charge in [0.15, 0.2) is 0 Å². The summed E-state index contributed by atoms with van der Waals surface area (Å²) in [6, 6.07) is 0. The molecular formula is C22H35N5O3. The van der Waals surface area contributed by atoms with Crippen LogP contribution in [0, 0.1) is 5.92 Å². The molecule has 1 saturated carbocycles. The van der Waals surface area contributed by atoms with E-state index in [4.69, 9.17) is 0 Å². The molecule has 0 N–H and O–H groups in total. The number of fused-ring (bicyclic) bond motifs is 1. The smallest absolute Gasteiger partial charge is 0.339 e. The maximum atomic E-state index is 12.7. The fraction of sp³-hybridized carbons (Fsp3) is 0.818. The minimum absolute atomic E-state index is 0.00550. The molecule has 0 radical (unpaired) electrons. The summed E-state index contributed by atoms with van der Waals surface area (Å²) < 4.78 is 3.05. The number of carbonyl (C=O) groups excluding carboxylic acids is 2. The number of amides is 2. The van der Waals surface area contributed by atoms with Gasteiger partial charge in [0.1, 0.15) is 12.4 Å². The average molecular weight is 418 g/mol. The zero-order valence-electron chi connectivity index (χ0n) is 18.1. The van der Waals surface area contributed by atoms with Crippen LogP contribution in [0.1, 0.15) is 70.0 Å². The van der Waals surface area contributed by atoms with Crippen molar-refractivity contribution in [2.75, 3.05) is 26.2 Å². The maximum Gasteiger partial charge on any atom is 0.346 e. The minimum Gasteiger partial charge on any atom is -0.339 e. The molecule has 8 nitrogen and oxygen atoms in total. The molecule has 2 aliphatic heterocycles. The van der Waals surface area contributed by atoms with Gasteiger partial charge in [-0.1, -0.05) is 38.5 Å². The van der Waals surface area contributed by atoms with E-state index < -0.39 is 0 Å². The van der Waals surface area contributed by atoms with E-state index in [2.05, 4.69) is 5.10 Å². The molecule has 8 heteroatoms. The Morgan fingerprint density at radius 1 is 0.833 bits per heavy atom. The molecule has 2 amide bonds. The Labute approximate surface area is 178 Å².